The number of ether oxygens (including phenoxy) is 2. The second-order valence-electron chi connectivity index (χ2n) is 8.44. The zero-order valence-corrected chi connectivity index (χ0v) is 16.8. The van der Waals surface area contributed by atoms with E-state index in [1.165, 1.54) is 0 Å². The van der Waals surface area contributed by atoms with Gasteiger partial charge in [-0.3, -0.25) is 4.79 Å². The van der Waals surface area contributed by atoms with Gasteiger partial charge in [0, 0.05) is 29.6 Å². The highest BCUT2D eigenvalue weighted by Crippen LogP contribution is 2.55. The van der Waals surface area contributed by atoms with Gasteiger partial charge in [0.1, 0.15) is 17.2 Å². The summed E-state index contributed by atoms with van der Waals surface area (Å²) in [4.78, 5) is 13.7. The Bertz CT molecular complexity index is 713. The van der Waals surface area contributed by atoms with Gasteiger partial charge in [-0.05, 0) is 56.7 Å². The van der Waals surface area contributed by atoms with Gasteiger partial charge in [-0.2, -0.15) is 0 Å². The molecule has 3 aliphatic rings. The molecule has 2 saturated heterocycles. The van der Waals surface area contributed by atoms with E-state index in [1.807, 2.05) is 23.1 Å². The Morgan fingerprint density at radius 3 is 2.73 bits per heavy atom. The zero-order valence-electron chi connectivity index (χ0n) is 15.3. The first-order valence-electron chi connectivity index (χ1n) is 9.27. The van der Waals surface area contributed by atoms with Crippen molar-refractivity contribution < 1.29 is 14.3 Å². The molecular formula is C20H25Cl2NO3. The Labute approximate surface area is 164 Å². The molecule has 6 heteroatoms. The summed E-state index contributed by atoms with van der Waals surface area (Å²) in [6.45, 7) is 6.54. The molecule has 2 fully saturated rings. The van der Waals surface area contributed by atoms with Gasteiger partial charge in [0.25, 0.3) is 0 Å². The van der Waals surface area contributed by atoms with Crippen LogP contribution in [0.1, 0.15) is 44.8 Å². The third kappa shape index (κ3) is 3.10. The van der Waals surface area contributed by atoms with E-state index in [4.69, 9.17) is 32.7 Å². The molecule has 0 bridgehead atoms. The van der Waals surface area contributed by atoms with E-state index in [0.717, 1.165) is 50.3 Å². The lowest BCUT2D eigenvalue weighted by Crippen LogP contribution is -2.54. The van der Waals surface area contributed by atoms with Gasteiger partial charge >= 0.3 is 0 Å². The standard InChI is InChI=1S/C20H25Cl2NO3/c1-19(2)15-10-20(5-7-23(8-6-20)17(24)11-21)12-25-18(15)14-9-13(22)3-4-16(14)26-19/h3-4,9,15,18H,5-8,10-12H2,1-2H3/t15-,18+/m0/s1. The van der Waals surface area contributed by atoms with Crippen LogP contribution < -0.4 is 4.74 Å². The van der Waals surface area contributed by atoms with Crippen LogP contribution in [-0.4, -0.2) is 42.0 Å². The molecule has 1 aromatic rings. The number of fused-ring (bicyclic) bond motifs is 3. The van der Waals surface area contributed by atoms with Gasteiger partial charge in [-0.25, -0.2) is 0 Å². The molecule has 0 unspecified atom stereocenters. The molecule has 0 saturated carbocycles. The molecule has 1 aromatic carbocycles. The number of alkyl halides is 1. The Morgan fingerprint density at radius 1 is 1.31 bits per heavy atom. The Hall–Kier alpha value is -0.970. The Kier molecular flexibility index (Phi) is 4.65. The Balaban J connectivity index is 1.56. The molecule has 0 radical (unpaired) electrons. The van der Waals surface area contributed by atoms with Gasteiger partial charge < -0.3 is 14.4 Å². The smallest absolute Gasteiger partial charge is 0.237 e. The third-order valence-electron chi connectivity index (χ3n) is 6.42. The fraction of sp³-hybridized carbons (Fsp3) is 0.650. The van der Waals surface area contributed by atoms with Gasteiger partial charge in [0.2, 0.25) is 5.91 Å². The second-order valence-corrected chi connectivity index (χ2v) is 9.15. The zero-order chi connectivity index (χ0) is 18.5. The number of likely N-dealkylation sites (tertiary alicyclic amines) is 1. The molecule has 3 aliphatic heterocycles. The minimum absolute atomic E-state index is 0.0144. The summed E-state index contributed by atoms with van der Waals surface area (Å²) in [5, 5.41) is 0.711. The first kappa shape index (κ1) is 18.4. The maximum absolute atomic E-state index is 11.9. The van der Waals surface area contributed by atoms with Gasteiger partial charge in [0.05, 0.1) is 12.7 Å². The predicted molar refractivity (Wildman–Crippen MR) is 102 cm³/mol. The summed E-state index contributed by atoms with van der Waals surface area (Å²) in [5.41, 5.74) is 0.870. The van der Waals surface area contributed by atoms with Crippen LogP contribution in [0, 0.1) is 11.3 Å². The maximum Gasteiger partial charge on any atom is 0.237 e. The topological polar surface area (TPSA) is 38.8 Å². The average Bonchev–Trinajstić information content (AvgIpc) is 2.62. The van der Waals surface area contributed by atoms with Crippen LogP contribution in [0.4, 0.5) is 0 Å². The first-order valence-corrected chi connectivity index (χ1v) is 10.2. The van der Waals surface area contributed by atoms with E-state index >= 15 is 0 Å². The minimum Gasteiger partial charge on any atom is -0.487 e. The maximum atomic E-state index is 11.9. The summed E-state index contributed by atoms with van der Waals surface area (Å²) in [6, 6.07) is 5.79. The lowest BCUT2D eigenvalue weighted by Gasteiger charge is -2.54. The summed E-state index contributed by atoms with van der Waals surface area (Å²) >= 11 is 11.9. The molecule has 1 spiro atoms. The number of hydrogen-bond acceptors (Lipinski definition) is 3. The van der Waals surface area contributed by atoms with Gasteiger partial charge in [-0.15, -0.1) is 11.6 Å². The molecular weight excluding hydrogens is 373 g/mol. The number of hydrogen-bond donors (Lipinski definition) is 0. The van der Waals surface area contributed by atoms with Gasteiger partial charge in [-0.1, -0.05) is 11.6 Å². The van der Waals surface area contributed by atoms with E-state index in [0.29, 0.717) is 5.02 Å². The van der Waals surface area contributed by atoms with Crippen molar-refractivity contribution in [2.45, 2.75) is 44.8 Å². The molecule has 1 amide bonds. The number of benzene rings is 1. The second kappa shape index (κ2) is 6.57. The quantitative estimate of drug-likeness (QED) is 0.657. The minimum atomic E-state index is -0.304. The molecule has 0 aromatic heterocycles. The lowest BCUT2D eigenvalue weighted by molar-refractivity contribution is -0.175. The molecule has 0 aliphatic carbocycles. The predicted octanol–water partition coefficient (Wildman–Crippen LogP) is 4.44. The van der Waals surface area contributed by atoms with Crippen LogP contribution in [0.15, 0.2) is 18.2 Å². The van der Waals surface area contributed by atoms with E-state index in [-0.39, 0.29) is 34.8 Å². The van der Waals surface area contributed by atoms with Crippen molar-refractivity contribution in [1.82, 2.24) is 4.90 Å². The monoisotopic (exact) mass is 397 g/mol. The number of amides is 1. The number of rotatable bonds is 1. The fourth-order valence-electron chi connectivity index (χ4n) is 4.79. The molecule has 3 heterocycles. The summed E-state index contributed by atoms with van der Waals surface area (Å²) in [6.07, 6.45) is 2.97. The summed E-state index contributed by atoms with van der Waals surface area (Å²) in [7, 11) is 0. The van der Waals surface area contributed by atoms with Crippen molar-refractivity contribution in [1.29, 1.82) is 0 Å². The number of carbonyl (C=O) groups is 1. The number of piperidine rings is 1. The number of carbonyl (C=O) groups excluding carboxylic acids is 1. The van der Waals surface area contributed by atoms with Crippen molar-refractivity contribution in [2.75, 3.05) is 25.6 Å². The van der Waals surface area contributed by atoms with Crippen LogP contribution in [-0.2, 0) is 9.53 Å². The SMILES string of the molecule is CC1(C)Oc2ccc(Cl)cc2[C@H]2OCC3(CCN(C(=O)CCl)CC3)C[C@@H]21. The summed E-state index contributed by atoms with van der Waals surface area (Å²) < 4.78 is 12.8. The summed E-state index contributed by atoms with van der Waals surface area (Å²) in [5.74, 6) is 1.23. The first-order chi connectivity index (χ1) is 12.3. The highest BCUT2D eigenvalue weighted by molar-refractivity contribution is 6.30. The number of halogens is 2. The van der Waals surface area contributed by atoms with Crippen molar-refractivity contribution in [2.24, 2.45) is 11.3 Å². The van der Waals surface area contributed by atoms with Crippen molar-refractivity contribution in [3.05, 3.63) is 28.8 Å². The molecule has 0 N–H and O–H groups in total. The molecule has 142 valence electrons. The highest BCUT2D eigenvalue weighted by atomic mass is 35.5. The van der Waals surface area contributed by atoms with Gasteiger partial charge in [0.15, 0.2) is 0 Å². The molecule has 4 rings (SSSR count). The normalized spacial score (nSPS) is 28.8. The van der Waals surface area contributed by atoms with Crippen LogP contribution in [0.3, 0.4) is 0 Å². The van der Waals surface area contributed by atoms with Crippen molar-refractivity contribution >= 4 is 29.1 Å². The van der Waals surface area contributed by atoms with Crippen molar-refractivity contribution in [3.8, 4) is 5.75 Å². The molecule has 4 nitrogen and oxygen atoms in total. The molecule has 2 atom stereocenters. The van der Waals surface area contributed by atoms with E-state index < -0.39 is 0 Å². The van der Waals surface area contributed by atoms with Crippen LogP contribution >= 0.6 is 23.2 Å². The lowest BCUT2D eigenvalue weighted by atomic mass is 9.64. The van der Waals surface area contributed by atoms with Crippen LogP contribution in [0.2, 0.25) is 5.02 Å². The van der Waals surface area contributed by atoms with E-state index in [9.17, 15) is 4.79 Å². The van der Waals surface area contributed by atoms with E-state index in [2.05, 4.69) is 13.8 Å². The average molecular weight is 398 g/mol. The third-order valence-corrected chi connectivity index (χ3v) is 6.89. The van der Waals surface area contributed by atoms with Crippen LogP contribution in [0.25, 0.3) is 0 Å². The van der Waals surface area contributed by atoms with Crippen molar-refractivity contribution in [3.63, 3.8) is 0 Å². The van der Waals surface area contributed by atoms with Crippen LogP contribution in [0.5, 0.6) is 5.75 Å². The fourth-order valence-corrected chi connectivity index (χ4v) is 5.14. The Morgan fingerprint density at radius 2 is 2.04 bits per heavy atom. The highest BCUT2D eigenvalue weighted by Gasteiger charge is 2.52. The largest absolute Gasteiger partial charge is 0.487 e. The molecule has 26 heavy (non-hydrogen) atoms. The number of nitrogens with zero attached hydrogens (tertiary/aromatic N) is 1. The van der Waals surface area contributed by atoms with E-state index in [1.54, 1.807) is 0 Å².